The van der Waals surface area contributed by atoms with Gasteiger partial charge in [0.05, 0.1) is 23.8 Å². The predicted octanol–water partition coefficient (Wildman–Crippen LogP) is 1.27. The van der Waals surface area contributed by atoms with E-state index < -0.39 is 0 Å². The predicted molar refractivity (Wildman–Crippen MR) is 104 cm³/mol. The summed E-state index contributed by atoms with van der Waals surface area (Å²) >= 11 is 1.76. The summed E-state index contributed by atoms with van der Waals surface area (Å²) in [7, 11) is 0. The van der Waals surface area contributed by atoms with Gasteiger partial charge in [0.25, 0.3) is 5.56 Å². The van der Waals surface area contributed by atoms with Crippen LogP contribution in [0.3, 0.4) is 0 Å². The molecule has 0 aliphatic carbocycles. The van der Waals surface area contributed by atoms with Gasteiger partial charge in [-0.05, 0) is 24.8 Å². The summed E-state index contributed by atoms with van der Waals surface area (Å²) in [6.45, 7) is 4.00. The summed E-state index contributed by atoms with van der Waals surface area (Å²) in [6.07, 6.45) is 5.98. The smallest absolute Gasteiger partial charge is 0.266 e. The first-order valence-electron chi connectivity index (χ1n) is 9.51. The largest absolute Gasteiger partial charge is 0.375 e. The molecule has 0 amide bonds. The average Bonchev–Trinajstić information content (AvgIpc) is 3.40. The number of piperidine rings is 1. The van der Waals surface area contributed by atoms with Crippen molar-refractivity contribution in [2.45, 2.75) is 32.4 Å². The fraction of sp³-hybridized carbons (Fsp3) is 0.500. The highest BCUT2D eigenvalue weighted by Gasteiger charge is 2.24. The van der Waals surface area contributed by atoms with Crippen LogP contribution in [0.2, 0.25) is 0 Å². The van der Waals surface area contributed by atoms with E-state index in [0.717, 1.165) is 44.1 Å². The molecule has 10 heteroatoms. The molecule has 1 saturated heterocycles. The van der Waals surface area contributed by atoms with Gasteiger partial charge in [-0.2, -0.15) is 5.10 Å². The van der Waals surface area contributed by atoms with Crippen molar-refractivity contribution in [3.63, 3.8) is 0 Å². The average molecular weight is 399 g/mol. The van der Waals surface area contributed by atoms with Gasteiger partial charge in [-0.25, -0.2) is 19.3 Å². The normalized spacial score (nSPS) is 17.6. The highest BCUT2D eigenvalue weighted by atomic mass is 32.1. The molecule has 5 rings (SSSR count). The molecule has 0 spiro atoms. The van der Waals surface area contributed by atoms with Crippen molar-refractivity contribution in [3.8, 4) is 5.82 Å². The van der Waals surface area contributed by atoms with E-state index in [1.165, 1.54) is 16.9 Å². The van der Waals surface area contributed by atoms with Crippen LogP contribution in [-0.2, 0) is 24.3 Å². The zero-order chi connectivity index (χ0) is 18.9. The Labute approximate surface area is 165 Å². The van der Waals surface area contributed by atoms with Crippen LogP contribution in [0.15, 0.2) is 29.6 Å². The van der Waals surface area contributed by atoms with Crippen molar-refractivity contribution in [3.05, 3.63) is 45.7 Å². The van der Waals surface area contributed by atoms with E-state index in [4.69, 9.17) is 9.72 Å². The molecule has 1 fully saturated rings. The van der Waals surface area contributed by atoms with Gasteiger partial charge in [0, 0.05) is 32.1 Å². The SMILES string of the molecule is O=c1ccc(-n2cncn2)nn1CC1CCN(c2nc3c(s2)COCC3)CC1. The Hall–Kier alpha value is -2.59. The third-order valence-corrected chi connectivity index (χ3v) is 6.44. The fourth-order valence-corrected chi connectivity index (χ4v) is 4.81. The van der Waals surface area contributed by atoms with Crippen LogP contribution < -0.4 is 10.5 Å². The van der Waals surface area contributed by atoms with Gasteiger partial charge in [-0.1, -0.05) is 11.3 Å². The van der Waals surface area contributed by atoms with Crippen LogP contribution in [0.5, 0.6) is 0 Å². The van der Waals surface area contributed by atoms with E-state index in [1.807, 2.05) is 0 Å². The van der Waals surface area contributed by atoms with E-state index in [-0.39, 0.29) is 5.56 Å². The zero-order valence-corrected chi connectivity index (χ0v) is 16.2. The maximum atomic E-state index is 12.2. The lowest BCUT2D eigenvalue weighted by atomic mass is 9.97. The lowest BCUT2D eigenvalue weighted by Crippen LogP contribution is -2.37. The minimum atomic E-state index is -0.0844. The second-order valence-corrected chi connectivity index (χ2v) is 8.21. The molecular weight excluding hydrogens is 378 g/mol. The fourth-order valence-electron chi connectivity index (χ4n) is 3.72. The molecule has 2 aliphatic heterocycles. The Bertz CT molecular complexity index is 982. The Balaban J connectivity index is 1.25. The maximum Gasteiger partial charge on any atom is 0.266 e. The first-order chi connectivity index (χ1) is 13.8. The quantitative estimate of drug-likeness (QED) is 0.652. The minimum absolute atomic E-state index is 0.0844. The molecule has 2 aliphatic rings. The van der Waals surface area contributed by atoms with Crippen LogP contribution in [0, 0.1) is 5.92 Å². The number of aromatic nitrogens is 6. The van der Waals surface area contributed by atoms with E-state index in [1.54, 1.807) is 39.2 Å². The molecule has 5 heterocycles. The topological polar surface area (TPSA) is 91.0 Å². The van der Waals surface area contributed by atoms with Gasteiger partial charge in [0.1, 0.15) is 12.7 Å². The van der Waals surface area contributed by atoms with Gasteiger partial charge in [-0.3, -0.25) is 4.79 Å². The van der Waals surface area contributed by atoms with Gasteiger partial charge >= 0.3 is 0 Å². The van der Waals surface area contributed by atoms with Gasteiger partial charge in [0.15, 0.2) is 10.9 Å². The second kappa shape index (κ2) is 7.44. The van der Waals surface area contributed by atoms with E-state index in [0.29, 0.717) is 24.9 Å². The van der Waals surface area contributed by atoms with Crippen molar-refractivity contribution in [2.75, 3.05) is 24.6 Å². The van der Waals surface area contributed by atoms with Crippen molar-refractivity contribution in [1.29, 1.82) is 0 Å². The minimum Gasteiger partial charge on any atom is -0.375 e. The molecule has 9 nitrogen and oxygen atoms in total. The molecule has 0 N–H and O–H groups in total. The highest BCUT2D eigenvalue weighted by molar-refractivity contribution is 7.15. The number of anilines is 1. The molecule has 28 heavy (non-hydrogen) atoms. The number of hydrogen-bond donors (Lipinski definition) is 0. The third kappa shape index (κ3) is 3.45. The summed E-state index contributed by atoms with van der Waals surface area (Å²) in [6, 6.07) is 3.21. The standard InChI is InChI=1S/C18H21N7O2S/c26-17-2-1-16(25-12-19-11-20-25)22-24(17)9-13-3-6-23(7-4-13)18-21-14-5-8-27-10-15(14)28-18/h1-2,11-13H,3-10H2. The molecular formula is C18H21N7O2S. The summed E-state index contributed by atoms with van der Waals surface area (Å²) in [5.41, 5.74) is 1.12. The summed E-state index contributed by atoms with van der Waals surface area (Å²) in [4.78, 5) is 24.6. The van der Waals surface area contributed by atoms with Gasteiger partial charge in [0.2, 0.25) is 0 Å². The third-order valence-electron chi connectivity index (χ3n) is 5.31. The lowest BCUT2D eigenvalue weighted by molar-refractivity contribution is 0.112. The number of rotatable bonds is 4. The lowest BCUT2D eigenvalue weighted by Gasteiger charge is -2.31. The van der Waals surface area contributed by atoms with E-state index in [2.05, 4.69) is 20.1 Å². The van der Waals surface area contributed by atoms with Crippen molar-refractivity contribution < 1.29 is 4.74 Å². The van der Waals surface area contributed by atoms with Crippen LogP contribution in [0.4, 0.5) is 5.13 Å². The Morgan fingerprint density at radius 1 is 1.25 bits per heavy atom. The number of thiazole rings is 1. The molecule has 3 aromatic rings. The molecule has 0 radical (unpaired) electrons. The molecule has 0 bridgehead atoms. The van der Waals surface area contributed by atoms with E-state index >= 15 is 0 Å². The van der Waals surface area contributed by atoms with Crippen molar-refractivity contribution in [1.82, 2.24) is 29.5 Å². The van der Waals surface area contributed by atoms with Gasteiger partial charge < -0.3 is 9.64 Å². The molecule has 3 aromatic heterocycles. The number of ether oxygens (including phenoxy) is 1. The Morgan fingerprint density at radius 2 is 2.14 bits per heavy atom. The van der Waals surface area contributed by atoms with Gasteiger partial charge in [-0.15, -0.1) is 5.10 Å². The molecule has 0 atom stereocenters. The van der Waals surface area contributed by atoms with Crippen LogP contribution >= 0.6 is 11.3 Å². The zero-order valence-electron chi connectivity index (χ0n) is 15.4. The van der Waals surface area contributed by atoms with Crippen LogP contribution in [0.25, 0.3) is 5.82 Å². The van der Waals surface area contributed by atoms with Crippen molar-refractivity contribution in [2.24, 2.45) is 5.92 Å². The monoisotopic (exact) mass is 399 g/mol. The summed E-state index contributed by atoms with van der Waals surface area (Å²) in [5.74, 6) is 1.02. The first-order valence-corrected chi connectivity index (χ1v) is 10.3. The van der Waals surface area contributed by atoms with Crippen LogP contribution in [-0.4, -0.2) is 49.2 Å². The summed E-state index contributed by atoms with van der Waals surface area (Å²) in [5, 5.41) is 9.65. The molecule has 0 aromatic carbocycles. The first kappa shape index (κ1) is 17.5. The summed E-state index contributed by atoms with van der Waals surface area (Å²) < 4.78 is 8.64. The Kier molecular flexibility index (Phi) is 4.65. The van der Waals surface area contributed by atoms with E-state index in [9.17, 15) is 4.79 Å². The Morgan fingerprint density at radius 3 is 2.93 bits per heavy atom. The molecule has 0 unspecified atom stereocenters. The highest BCUT2D eigenvalue weighted by Crippen LogP contribution is 2.32. The second-order valence-electron chi connectivity index (χ2n) is 7.15. The van der Waals surface area contributed by atoms with Crippen LogP contribution in [0.1, 0.15) is 23.4 Å². The number of fused-ring (bicyclic) bond motifs is 1. The van der Waals surface area contributed by atoms with Crippen molar-refractivity contribution >= 4 is 16.5 Å². The maximum absolute atomic E-state index is 12.2. The molecule has 0 saturated carbocycles. The number of nitrogens with zero attached hydrogens (tertiary/aromatic N) is 7. The number of hydrogen-bond acceptors (Lipinski definition) is 8. The molecule has 146 valence electrons.